The summed E-state index contributed by atoms with van der Waals surface area (Å²) in [6.45, 7) is 7.91. The molecule has 1 aromatic rings. The second-order valence-electron chi connectivity index (χ2n) is 3.11. The van der Waals surface area contributed by atoms with Gasteiger partial charge < -0.3 is 14.5 Å². The zero-order valence-electron chi connectivity index (χ0n) is 8.91. The highest BCUT2D eigenvalue weighted by Crippen LogP contribution is 1.96. The van der Waals surface area contributed by atoms with Gasteiger partial charge in [-0.3, -0.25) is 0 Å². The lowest BCUT2D eigenvalue weighted by molar-refractivity contribution is 0.0755. The number of hydrogen-bond donors (Lipinski definition) is 1. The summed E-state index contributed by atoms with van der Waals surface area (Å²) in [6.07, 6.45) is 0.212. The van der Waals surface area contributed by atoms with Gasteiger partial charge in [0.1, 0.15) is 0 Å². The number of hydrogen-bond acceptors (Lipinski definition) is 5. The zero-order chi connectivity index (χ0) is 10.4. The Balaban J connectivity index is 2.15. The zero-order valence-corrected chi connectivity index (χ0v) is 8.91. The Kier molecular flexibility index (Phi) is 4.55. The van der Waals surface area contributed by atoms with Gasteiger partial charge >= 0.3 is 0 Å². The highest BCUT2D eigenvalue weighted by molar-refractivity contribution is 4.77. The Labute approximate surface area is 83.9 Å². The van der Waals surface area contributed by atoms with Crippen molar-refractivity contribution in [3.8, 4) is 0 Å². The first-order valence-corrected chi connectivity index (χ1v) is 4.83. The predicted molar refractivity (Wildman–Crippen MR) is 51.8 cm³/mol. The van der Waals surface area contributed by atoms with Crippen molar-refractivity contribution >= 4 is 0 Å². The molecule has 1 heterocycles. The van der Waals surface area contributed by atoms with Gasteiger partial charge in [0.15, 0.2) is 0 Å². The number of nitrogens with one attached hydrogen (secondary N) is 1. The van der Waals surface area contributed by atoms with Gasteiger partial charge in [0, 0.05) is 20.1 Å². The van der Waals surface area contributed by atoms with E-state index in [4.69, 9.17) is 9.15 Å². The van der Waals surface area contributed by atoms with E-state index in [-0.39, 0.29) is 6.10 Å². The summed E-state index contributed by atoms with van der Waals surface area (Å²) in [7, 11) is 0. The lowest BCUT2D eigenvalue weighted by Gasteiger charge is -2.10. The first kappa shape index (κ1) is 11.1. The minimum atomic E-state index is 0.212. The van der Waals surface area contributed by atoms with Crippen molar-refractivity contribution in [1.82, 2.24) is 15.5 Å². The van der Waals surface area contributed by atoms with Gasteiger partial charge in [0.2, 0.25) is 11.8 Å². The van der Waals surface area contributed by atoms with Crippen molar-refractivity contribution in [3.63, 3.8) is 0 Å². The monoisotopic (exact) mass is 199 g/mol. The second-order valence-corrected chi connectivity index (χ2v) is 3.11. The van der Waals surface area contributed by atoms with Crippen LogP contribution < -0.4 is 5.32 Å². The van der Waals surface area contributed by atoms with Crippen LogP contribution in [0.1, 0.15) is 25.6 Å². The highest BCUT2D eigenvalue weighted by Gasteiger charge is 2.03. The molecule has 0 aliphatic heterocycles. The molecule has 0 aliphatic rings. The van der Waals surface area contributed by atoms with Crippen LogP contribution in [0.4, 0.5) is 0 Å². The van der Waals surface area contributed by atoms with Gasteiger partial charge in [-0.15, -0.1) is 10.2 Å². The molecule has 1 rings (SSSR count). The van der Waals surface area contributed by atoms with E-state index in [2.05, 4.69) is 15.5 Å². The minimum absolute atomic E-state index is 0.212. The Morgan fingerprint density at radius 3 is 2.86 bits per heavy atom. The molecule has 14 heavy (non-hydrogen) atoms. The van der Waals surface area contributed by atoms with Crippen LogP contribution in [0.5, 0.6) is 0 Å². The van der Waals surface area contributed by atoms with E-state index in [1.54, 1.807) is 6.92 Å². The van der Waals surface area contributed by atoms with Crippen LogP contribution in [0.3, 0.4) is 0 Å². The largest absolute Gasteiger partial charge is 0.424 e. The van der Waals surface area contributed by atoms with Gasteiger partial charge in [-0.25, -0.2) is 0 Å². The molecule has 5 heteroatoms. The van der Waals surface area contributed by atoms with Crippen molar-refractivity contribution in [3.05, 3.63) is 11.8 Å². The molecule has 0 bridgehead atoms. The molecule has 0 aromatic carbocycles. The van der Waals surface area contributed by atoms with Crippen LogP contribution in [0, 0.1) is 6.92 Å². The van der Waals surface area contributed by atoms with Crippen molar-refractivity contribution in [2.24, 2.45) is 0 Å². The lowest BCUT2D eigenvalue weighted by atomic mass is 10.4. The topological polar surface area (TPSA) is 60.2 Å². The van der Waals surface area contributed by atoms with Crippen molar-refractivity contribution in [2.75, 3.05) is 13.2 Å². The van der Waals surface area contributed by atoms with Gasteiger partial charge in [-0.2, -0.15) is 0 Å². The molecule has 5 nitrogen and oxygen atoms in total. The van der Waals surface area contributed by atoms with Crippen LogP contribution in [0.15, 0.2) is 4.42 Å². The van der Waals surface area contributed by atoms with E-state index in [0.717, 1.165) is 13.2 Å². The van der Waals surface area contributed by atoms with Crippen molar-refractivity contribution in [1.29, 1.82) is 0 Å². The maximum Gasteiger partial charge on any atom is 0.230 e. The molecule has 80 valence electrons. The summed E-state index contributed by atoms with van der Waals surface area (Å²) in [5, 5.41) is 10.8. The number of aryl methyl sites for hydroxylation is 1. The maximum atomic E-state index is 5.36. The summed E-state index contributed by atoms with van der Waals surface area (Å²) in [6, 6.07) is 0. The summed E-state index contributed by atoms with van der Waals surface area (Å²) >= 11 is 0. The van der Waals surface area contributed by atoms with Crippen LogP contribution in [-0.2, 0) is 11.3 Å². The molecule has 0 radical (unpaired) electrons. The number of rotatable bonds is 6. The Morgan fingerprint density at radius 1 is 1.50 bits per heavy atom. The van der Waals surface area contributed by atoms with E-state index in [1.165, 1.54) is 0 Å². The van der Waals surface area contributed by atoms with Gasteiger partial charge in [0.05, 0.1) is 12.6 Å². The fourth-order valence-electron chi connectivity index (χ4n) is 1.13. The molecule has 1 unspecified atom stereocenters. The van der Waals surface area contributed by atoms with Crippen LogP contribution in [0.2, 0.25) is 0 Å². The molecule has 1 atom stereocenters. The van der Waals surface area contributed by atoms with E-state index in [1.807, 2.05) is 13.8 Å². The first-order valence-electron chi connectivity index (χ1n) is 4.83. The second kappa shape index (κ2) is 5.72. The normalized spacial score (nSPS) is 13.1. The van der Waals surface area contributed by atoms with Crippen molar-refractivity contribution < 1.29 is 9.15 Å². The van der Waals surface area contributed by atoms with Gasteiger partial charge in [0.25, 0.3) is 0 Å². The van der Waals surface area contributed by atoms with E-state index < -0.39 is 0 Å². The Morgan fingerprint density at radius 2 is 2.29 bits per heavy atom. The lowest BCUT2D eigenvalue weighted by Crippen LogP contribution is -2.26. The van der Waals surface area contributed by atoms with E-state index in [0.29, 0.717) is 18.3 Å². The highest BCUT2D eigenvalue weighted by atomic mass is 16.5. The fraction of sp³-hybridized carbons (Fsp3) is 0.778. The fourth-order valence-corrected chi connectivity index (χ4v) is 1.13. The molecule has 0 saturated heterocycles. The quantitative estimate of drug-likeness (QED) is 0.737. The summed E-state index contributed by atoms with van der Waals surface area (Å²) in [5.74, 6) is 1.21. The van der Waals surface area contributed by atoms with Gasteiger partial charge in [-0.1, -0.05) is 0 Å². The van der Waals surface area contributed by atoms with E-state index in [9.17, 15) is 0 Å². The first-order chi connectivity index (χ1) is 6.72. The molecule has 0 saturated carbocycles. The Hall–Kier alpha value is -0.940. The van der Waals surface area contributed by atoms with Crippen LogP contribution >= 0.6 is 0 Å². The van der Waals surface area contributed by atoms with Crippen molar-refractivity contribution in [2.45, 2.75) is 33.4 Å². The average Bonchev–Trinajstić information content (AvgIpc) is 2.52. The minimum Gasteiger partial charge on any atom is -0.424 e. The molecule has 0 amide bonds. The molecule has 1 N–H and O–H groups in total. The summed E-state index contributed by atoms with van der Waals surface area (Å²) in [4.78, 5) is 0. The number of ether oxygens (including phenoxy) is 1. The van der Waals surface area contributed by atoms with Gasteiger partial charge in [-0.05, 0) is 13.8 Å². The molecule has 1 aromatic heterocycles. The number of aromatic nitrogens is 2. The third-order valence-corrected chi connectivity index (χ3v) is 1.73. The third kappa shape index (κ3) is 3.85. The van der Waals surface area contributed by atoms with E-state index >= 15 is 0 Å². The average molecular weight is 199 g/mol. The molecular weight excluding hydrogens is 182 g/mol. The maximum absolute atomic E-state index is 5.36. The molecule has 0 spiro atoms. The summed E-state index contributed by atoms with van der Waals surface area (Å²) < 4.78 is 10.6. The number of nitrogens with zero attached hydrogens (tertiary/aromatic N) is 2. The SMILES string of the molecule is CCOC(C)CNCc1nnc(C)o1. The van der Waals surface area contributed by atoms with Crippen LogP contribution in [0.25, 0.3) is 0 Å². The molecular formula is C9H17N3O2. The summed E-state index contributed by atoms with van der Waals surface area (Å²) in [5.41, 5.74) is 0. The third-order valence-electron chi connectivity index (χ3n) is 1.73. The smallest absolute Gasteiger partial charge is 0.230 e. The van der Waals surface area contributed by atoms with Crippen LogP contribution in [-0.4, -0.2) is 29.5 Å². The predicted octanol–water partition coefficient (Wildman–Crippen LogP) is 0.893. The Bertz CT molecular complexity index is 262. The molecule has 0 fully saturated rings. The molecule has 0 aliphatic carbocycles. The standard InChI is InChI=1S/C9H17N3O2/c1-4-13-7(2)5-10-6-9-12-11-8(3)14-9/h7,10H,4-6H2,1-3H3.